The Kier molecular flexibility index (Phi) is 15.6. The molecular formula is C18H35NO. The second-order valence-corrected chi connectivity index (χ2v) is 5.80. The smallest absolute Gasteiger partial charge is 0.217 e. The van der Waals surface area contributed by atoms with Crippen molar-refractivity contribution in [1.82, 2.24) is 0 Å². The van der Waals surface area contributed by atoms with Crippen LogP contribution in [0.25, 0.3) is 0 Å². The lowest BCUT2D eigenvalue weighted by molar-refractivity contribution is -0.118. The first-order chi connectivity index (χ1) is 9.77. The van der Waals surface area contributed by atoms with Gasteiger partial charge in [0.25, 0.3) is 0 Å². The Hall–Kier alpha value is -0.790. The molecule has 0 aromatic carbocycles. The van der Waals surface area contributed by atoms with Crippen LogP contribution in [0.4, 0.5) is 0 Å². The fourth-order valence-electron chi connectivity index (χ4n) is 2.36. The number of nitrogens with two attached hydrogens (primary N) is 1. The summed E-state index contributed by atoms with van der Waals surface area (Å²) < 4.78 is 0. The van der Waals surface area contributed by atoms with Crippen molar-refractivity contribution >= 4 is 5.91 Å². The zero-order chi connectivity index (χ0) is 14.9. The van der Waals surface area contributed by atoms with Crippen LogP contribution in [0.5, 0.6) is 0 Å². The molecule has 0 saturated heterocycles. The highest BCUT2D eigenvalue weighted by Gasteiger charge is 1.95. The topological polar surface area (TPSA) is 43.1 Å². The van der Waals surface area contributed by atoms with Gasteiger partial charge < -0.3 is 5.73 Å². The first kappa shape index (κ1) is 19.2. The molecule has 0 bridgehead atoms. The van der Waals surface area contributed by atoms with Crippen LogP contribution in [-0.4, -0.2) is 5.91 Å². The Labute approximate surface area is 126 Å². The molecule has 20 heavy (non-hydrogen) atoms. The molecule has 0 spiro atoms. The summed E-state index contributed by atoms with van der Waals surface area (Å²) >= 11 is 0. The predicted molar refractivity (Wildman–Crippen MR) is 88.6 cm³/mol. The Morgan fingerprint density at radius 1 is 0.750 bits per heavy atom. The number of rotatable bonds is 15. The van der Waals surface area contributed by atoms with Gasteiger partial charge in [0.15, 0.2) is 0 Å². The molecule has 0 aliphatic carbocycles. The summed E-state index contributed by atoms with van der Waals surface area (Å²) in [6.45, 7) is 2.24. The summed E-state index contributed by atoms with van der Waals surface area (Å²) in [7, 11) is 0. The van der Waals surface area contributed by atoms with E-state index in [0.717, 1.165) is 12.8 Å². The molecule has 2 nitrogen and oxygen atoms in total. The molecule has 0 heterocycles. The van der Waals surface area contributed by atoms with E-state index in [1.807, 2.05) is 0 Å². The first-order valence-corrected chi connectivity index (χ1v) is 8.70. The quantitative estimate of drug-likeness (QED) is 0.312. The Morgan fingerprint density at radius 2 is 1.20 bits per heavy atom. The van der Waals surface area contributed by atoms with Crippen LogP contribution in [-0.2, 0) is 4.79 Å². The minimum absolute atomic E-state index is 0.159. The van der Waals surface area contributed by atoms with E-state index in [0.29, 0.717) is 6.42 Å². The normalized spacial score (nSPS) is 11.2. The van der Waals surface area contributed by atoms with Gasteiger partial charge in [0.1, 0.15) is 0 Å². The third-order valence-corrected chi connectivity index (χ3v) is 3.68. The van der Waals surface area contributed by atoms with E-state index >= 15 is 0 Å². The van der Waals surface area contributed by atoms with Crippen molar-refractivity contribution in [2.24, 2.45) is 5.73 Å². The summed E-state index contributed by atoms with van der Waals surface area (Å²) in [5.74, 6) is -0.159. The number of allylic oxidation sites excluding steroid dienone is 2. The van der Waals surface area contributed by atoms with Crippen molar-refractivity contribution in [1.29, 1.82) is 0 Å². The highest BCUT2D eigenvalue weighted by molar-refractivity contribution is 5.73. The maximum Gasteiger partial charge on any atom is 0.217 e. The van der Waals surface area contributed by atoms with Crippen molar-refractivity contribution in [3.8, 4) is 0 Å². The van der Waals surface area contributed by atoms with Gasteiger partial charge >= 0.3 is 0 Å². The Balaban J connectivity index is 3.02. The second kappa shape index (κ2) is 16.3. The zero-order valence-corrected chi connectivity index (χ0v) is 13.5. The van der Waals surface area contributed by atoms with Gasteiger partial charge in [-0.15, -0.1) is 0 Å². The van der Waals surface area contributed by atoms with E-state index in [9.17, 15) is 4.79 Å². The third kappa shape index (κ3) is 17.2. The molecule has 0 unspecified atom stereocenters. The maximum absolute atomic E-state index is 10.6. The lowest BCUT2D eigenvalue weighted by atomic mass is 10.1. The van der Waals surface area contributed by atoms with Crippen LogP contribution in [0.2, 0.25) is 0 Å². The number of amides is 1. The standard InChI is InChI=1S/C18H35NO/c1-2-3-4-5-6-7-8-9-10-11-12-13-14-15-16-17-18(19)20/h5-6H,2-4,7-17H2,1H3,(H2,19,20)/b6-5-. The molecule has 1 amide bonds. The van der Waals surface area contributed by atoms with E-state index in [1.165, 1.54) is 70.6 Å². The third-order valence-electron chi connectivity index (χ3n) is 3.68. The van der Waals surface area contributed by atoms with Crippen LogP contribution in [0, 0.1) is 0 Å². The number of primary amides is 1. The minimum atomic E-state index is -0.159. The molecule has 0 aliphatic heterocycles. The van der Waals surface area contributed by atoms with Gasteiger partial charge in [-0.3, -0.25) is 4.79 Å². The predicted octanol–water partition coefficient (Wildman–Crippen LogP) is 5.51. The van der Waals surface area contributed by atoms with E-state index in [1.54, 1.807) is 0 Å². The van der Waals surface area contributed by atoms with Gasteiger partial charge in [-0.1, -0.05) is 76.9 Å². The molecule has 0 aromatic heterocycles. The van der Waals surface area contributed by atoms with Crippen molar-refractivity contribution in [2.75, 3.05) is 0 Å². The molecule has 0 atom stereocenters. The summed E-state index contributed by atoms with van der Waals surface area (Å²) in [6, 6.07) is 0. The number of hydrogen-bond donors (Lipinski definition) is 1. The monoisotopic (exact) mass is 281 g/mol. The summed E-state index contributed by atoms with van der Waals surface area (Å²) in [5, 5.41) is 0. The lowest BCUT2D eigenvalue weighted by Crippen LogP contribution is -2.09. The van der Waals surface area contributed by atoms with E-state index in [4.69, 9.17) is 5.73 Å². The molecule has 0 rings (SSSR count). The fourth-order valence-corrected chi connectivity index (χ4v) is 2.36. The molecule has 0 aliphatic rings. The van der Waals surface area contributed by atoms with Crippen molar-refractivity contribution in [3.63, 3.8) is 0 Å². The fraction of sp³-hybridized carbons (Fsp3) is 0.833. The van der Waals surface area contributed by atoms with Gasteiger partial charge in [0, 0.05) is 6.42 Å². The average molecular weight is 281 g/mol. The number of hydrogen-bond acceptors (Lipinski definition) is 1. The van der Waals surface area contributed by atoms with Gasteiger partial charge in [-0.25, -0.2) is 0 Å². The first-order valence-electron chi connectivity index (χ1n) is 8.70. The number of carbonyl (C=O) groups excluding carboxylic acids is 1. The van der Waals surface area contributed by atoms with Crippen molar-refractivity contribution in [2.45, 2.75) is 96.8 Å². The number of unbranched alkanes of at least 4 members (excludes halogenated alkanes) is 11. The Bertz CT molecular complexity index is 236. The SMILES string of the molecule is CCCC/C=C\CCCCCCCCCCCC(N)=O. The van der Waals surface area contributed by atoms with Crippen LogP contribution < -0.4 is 5.73 Å². The highest BCUT2D eigenvalue weighted by atomic mass is 16.1. The number of carbonyl (C=O) groups is 1. The largest absolute Gasteiger partial charge is 0.370 e. The van der Waals surface area contributed by atoms with Gasteiger partial charge in [0.2, 0.25) is 5.91 Å². The molecule has 0 saturated carbocycles. The van der Waals surface area contributed by atoms with Gasteiger partial charge in [-0.2, -0.15) is 0 Å². The van der Waals surface area contributed by atoms with Crippen LogP contribution in [0.3, 0.4) is 0 Å². The van der Waals surface area contributed by atoms with Crippen LogP contribution in [0.15, 0.2) is 12.2 Å². The molecule has 2 heteroatoms. The van der Waals surface area contributed by atoms with E-state index in [-0.39, 0.29) is 5.91 Å². The van der Waals surface area contributed by atoms with Crippen molar-refractivity contribution in [3.05, 3.63) is 12.2 Å². The molecule has 2 N–H and O–H groups in total. The Morgan fingerprint density at radius 3 is 1.70 bits per heavy atom. The summed E-state index contributed by atoms with van der Waals surface area (Å²) in [5.41, 5.74) is 5.10. The molecular weight excluding hydrogens is 246 g/mol. The van der Waals surface area contributed by atoms with E-state index in [2.05, 4.69) is 19.1 Å². The maximum atomic E-state index is 10.6. The van der Waals surface area contributed by atoms with Gasteiger partial charge in [-0.05, 0) is 25.7 Å². The molecule has 0 radical (unpaired) electrons. The molecule has 118 valence electrons. The van der Waals surface area contributed by atoms with Crippen LogP contribution in [0.1, 0.15) is 96.8 Å². The average Bonchev–Trinajstić information content (AvgIpc) is 2.43. The van der Waals surface area contributed by atoms with Crippen LogP contribution >= 0.6 is 0 Å². The molecule has 0 aromatic rings. The summed E-state index contributed by atoms with van der Waals surface area (Å²) in [6.07, 6.45) is 21.9. The van der Waals surface area contributed by atoms with Crippen molar-refractivity contribution < 1.29 is 4.79 Å². The summed E-state index contributed by atoms with van der Waals surface area (Å²) in [4.78, 5) is 10.6. The van der Waals surface area contributed by atoms with Gasteiger partial charge in [0.05, 0.1) is 0 Å². The second-order valence-electron chi connectivity index (χ2n) is 5.80. The highest BCUT2D eigenvalue weighted by Crippen LogP contribution is 2.11. The lowest BCUT2D eigenvalue weighted by Gasteiger charge is -2.01. The minimum Gasteiger partial charge on any atom is -0.370 e. The van der Waals surface area contributed by atoms with E-state index < -0.39 is 0 Å². The molecule has 0 fully saturated rings. The zero-order valence-electron chi connectivity index (χ0n) is 13.5.